The maximum absolute atomic E-state index is 5.68. The molecule has 0 bridgehead atoms. The second-order valence-corrected chi connectivity index (χ2v) is 5.58. The number of hydrogen-bond acceptors (Lipinski definition) is 2. The molecule has 0 fully saturated rings. The molecule has 0 saturated heterocycles. The van der Waals surface area contributed by atoms with Gasteiger partial charge in [0.25, 0.3) is 0 Å². The minimum Gasteiger partial charge on any atom is -0.496 e. The van der Waals surface area contributed by atoms with Crippen molar-refractivity contribution in [2.75, 3.05) is 7.11 Å². The first-order valence-electron chi connectivity index (χ1n) is 8.70. The van der Waals surface area contributed by atoms with E-state index in [9.17, 15) is 0 Å². The number of benzene rings is 3. The van der Waals surface area contributed by atoms with Gasteiger partial charge in [0, 0.05) is 0 Å². The molecule has 0 atom stereocenters. The van der Waals surface area contributed by atoms with Crippen molar-refractivity contribution in [2.45, 2.75) is 26.7 Å². The minimum atomic E-state index is 0.877. The average Bonchev–Trinajstić information content (AvgIpc) is 2.70. The molecule has 130 valence electrons. The molecule has 0 aliphatic carbocycles. The highest BCUT2D eigenvalue weighted by Crippen LogP contribution is 2.21. The first kappa shape index (κ1) is 18.6. The van der Waals surface area contributed by atoms with Gasteiger partial charge >= 0.3 is 0 Å². The lowest BCUT2D eigenvalue weighted by Crippen LogP contribution is -1.88. The van der Waals surface area contributed by atoms with Crippen molar-refractivity contribution in [1.82, 2.24) is 0 Å². The number of para-hydroxylation sites is 2. The minimum absolute atomic E-state index is 0.877. The number of rotatable bonds is 5. The first-order chi connectivity index (χ1) is 12.3. The molecule has 25 heavy (non-hydrogen) atoms. The van der Waals surface area contributed by atoms with Gasteiger partial charge in [-0.15, -0.1) is 0 Å². The highest BCUT2D eigenvalue weighted by molar-refractivity contribution is 5.33. The van der Waals surface area contributed by atoms with E-state index in [1.165, 1.54) is 11.1 Å². The van der Waals surface area contributed by atoms with E-state index in [-0.39, 0.29) is 0 Å². The SMILES string of the molecule is CCc1ccc(Oc2ccccc2)cc1.CCc1ccccc1OC. The predicted molar refractivity (Wildman–Crippen MR) is 105 cm³/mol. The zero-order chi connectivity index (χ0) is 17.9. The monoisotopic (exact) mass is 334 g/mol. The Balaban J connectivity index is 0.000000196. The third-order valence-corrected chi connectivity index (χ3v) is 3.88. The van der Waals surface area contributed by atoms with Crippen molar-refractivity contribution in [3.63, 3.8) is 0 Å². The van der Waals surface area contributed by atoms with Crippen molar-refractivity contribution in [1.29, 1.82) is 0 Å². The molecule has 2 nitrogen and oxygen atoms in total. The fourth-order valence-corrected chi connectivity index (χ4v) is 2.41. The molecule has 0 aliphatic heterocycles. The van der Waals surface area contributed by atoms with Crippen molar-refractivity contribution in [3.8, 4) is 17.2 Å². The van der Waals surface area contributed by atoms with Crippen LogP contribution in [0.2, 0.25) is 0 Å². The largest absolute Gasteiger partial charge is 0.496 e. The van der Waals surface area contributed by atoms with E-state index in [4.69, 9.17) is 9.47 Å². The van der Waals surface area contributed by atoms with Gasteiger partial charge in [-0.05, 0) is 54.3 Å². The molecule has 0 radical (unpaired) electrons. The smallest absolute Gasteiger partial charge is 0.127 e. The lowest BCUT2D eigenvalue weighted by molar-refractivity contribution is 0.410. The molecular weight excluding hydrogens is 308 g/mol. The van der Waals surface area contributed by atoms with Crippen LogP contribution in [0.3, 0.4) is 0 Å². The van der Waals surface area contributed by atoms with Crippen LogP contribution in [0, 0.1) is 0 Å². The molecule has 3 aromatic carbocycles. The van der Waals surface area contributed by atoms with Crippen molar-refractivity contribution in [3.05, 3.63) is 90.0 Å². The highest BCUT2D eigenvalue weighted by Gasteiger charge is 1.96. The lowest BCUT2D eigenvalue weighted by Gasteiger charge is -2.05. The Morgan fingerprint density at radius 2 is 1.24 bits per heavy atom. The van der Waals surface area contributed by atoms with Crippen LogP contribution in [0.4, 0.5) is 0 Å². The summed E-state index contributed by atoms with van der Waals surface area (Å²) >= 11 is 0. The molecule has 0 heterocycles. The van der Waals surface area contributed by atoms with Gasteiger partial charge in [0.2, 0.25) is 0 Å². The summed E-state index contributed by atoms with van der Waals surface area (Å²) in [4.78, 5) is 0. The number of hydrogen-bond donors (Lipinski definition) is 0. The van der Waals surface area contributed by atoms with Crippen LogP contribution in [-0.4, -0.2) is 7.11 Å². The summed E-state index contributed by atoms with van der Waals surface area (Å²) < 4.78 is 10.8. The summed E-state index contributed by atoms with van der Waals surface area (Å²) in [5.41, 5.74) is 2.60. The summed E-state index contributed by atoms with van der Waals surface area (Å²) in [5, 5.41) is 0. The van der Waals surface area contributed by atoms with E-state index in [2.05, 4.69) is 32.0 Å². The Morgan fingerprint density at radius 3 is 1.80 bits per heavy atom. The lowest BCUT2D eigenvalue weighted by atomic mass is 10.1. The van der Waals surface area contributed by atoms with E-state index in [0.29, 0.717) is 0 Å². The third kappa shape index (κ3) is 6.00. The fourth-order valence-electron chi connectivity index (χ4n) is 2.41. The first-order valence-corrected chi connectivity index (χ1v) is 8.70. The molecule has 0 aliphatic rings. The Bertz CT molecular complexity index is 711. The predicted octanol–water partition coefficient (Wildman–Crippen LogP) is 6.30. The van der Waals surface area contributed by atoms with E-state index >= 15 is 0 Å². The van der Waals surface area contributed by atoms with Gasteiger partial charge in [0.1, 0.15) is 17.2 Å². The number of aryl methyl sites for hydroxylation is 2. The summed E-state index contributed by atoms with van der Waals surface area (Å²) in [6.07, 6.45) is 2.09. The molecule has 0 saturated carbocycles. The standard InChI is InChI=1S/C14H14O.C9H12O/c1-2-12-8-10-14(11-9-12)15-13-6-4-3-5-7-13;1-3-8-6-4-5-7-9(8)10-2/h3-11H,2H2,1H3;4-7H,3H2,1-2H3. The molecular formula is C23H26O2. The molecule has 0 unspecified atom stereocenters. The van der Waals surface area contributed by atoms with Gasteiger partial charge < -0.3 is 9.47 Å². The maximum atomic E-state index is 5.68. The number of methoxy groups -OCH3 is 1. The summed E-state index contributed by atoms with van der Waals surface area (Å²) in [5.74, 6) is 2.75. The molecule has 0 spiro atoms. The van der Waals surface area contributed by atoms with Crippen LogP contribution in [-0.2, 0) is 12.8 Å². The molecule has 0 N–H and O–H groups in total. The van der Waals surface area contributed by atoms with Crippen LogP contribution in [0.15, 0.2) is 78.9 Å². The summed E-state index contributed by atoms with van der Waals surface area (Å²) in [6, 6.07) is 26.1. The van der Waals surface area contributed by atoms with Crippen LogP contribution in [0.5, 0.6) is 17.2 Å². The molecule has 0 amide bonds. The van der Waals surface area contributed by atoms with E-state index in [1.54, 1.807) is 7.11 Å². The zero-order valence-electron chi connectivity index (χ0n) is 15.2. The fraction of sp³-hybridized carbons (Fsp3) is 0.217. The second kappa shape index (κ2) is 10.2. The van der Waals surface area contributed by atoms with Gasteiger partial charge in [-0.1, -0.05) is 62.4 Å². The van der Waals surface area contributed by atoms with Crippen molar-refractivity contribution in [2.24, 2.45) is 0 Å². The van der Waals surface area contributed by atoms with Gasteiger partial charge in [-0.25, -0.2) is 0 Å². The molecule has 2 heteroatoms. The third-order valence-electron chi connectivity index (χ3n) is 3.88. The van der Waals surface area contributed by atoms with Crippen molar-refractivity contribution >= 4 is 0 Å². The second-order valence-electron chi connectivity index (χ2n) is 5.58. The van der Waals surface area contributed by atoms with Gasteiger partial charge in [0.05, 0.1) is 7.11 Å². The quantitative estimate of drug-likeness (QED) is 0.545. The highest BCUT2D eigenvalue weighted by atomic mass is 16.5. The van der Waals surface area contributed by atoms with Crippen LogP contribution in [0.1, 0.15) is 25.0 Å². The molecule has 3 rings (SSSR count). The summed E-state index contributed by atoms with van der Waals surface area (Å²) in [7, 11) is 1.70. The Labute approximate surface area is 151 Å². The van der Waals surface area contributed by atoms with Gasteiger partial charge in [-0.3, -0.25) is 0 Å². The number of ether oxygens (including phenoxy) is 2. The Kier molecular flexibility index (Phi) is 7.58. The van der Waals surface area contributed by atoms with Crippen LogP contribution in [0.25, 0.3) is 0 Å². The van der Waals surface area contributed by atoms with E-state index < -0.39 is 0 Å². The van der Waals surface area contributed by atoms with Gasteiger partial charge in [0.15, 0.2) is 0 Å². The maximum Gasteiger partial charge on any atom is 0.127 e. The Hall–Kier alpha value is -2.74. The normalized spacial score (nSPS) is 9.72. The zero-order valence-corrected chi connectivity index (χ0v) is 15.2. The molecule has 3 aromatic rings. The van der Waals surface area contributed by atoms with E-state index in [1.807, 2.05) is 60.7 Å². The summed E-state index contributed by atoms with van der Waals surface area (Å²) in [6.45, 7) is 4.27. The van der Waals surface area contributed by atoms with Crippen molar-refractivity contribution < 1.29 is 9.47 Å². The van der Waals surface area contributed by atoms with E-state index in [0.717, 1.165) is 30.1 Å². The molecule has 0 aromatic heterocycles. The van der Waals surface area contributed by atoms with Crippen LogP contribution < -0.4 is 9.47 Å². The Morgan fingerprint density at radius 1 is 0.640 bits per heavy atom. The van der Waals surface area contributed by atoms with Gasteiger partial charge in [-0.2, -0.15) is 0 Å². The topological polar surface area (TPSA) is 18.5 Å². The average molecular weight is 334 g/mol. The van der Waals surface area contributed by atoms with Crippen LogP contribution >= 0.6 is 0 Å².